The summed E-state index contributed by atoms with van der Waals surface area (Å²) in [4.78, 5) is 17.9. The quantitative estimate of drug-likeness (QED) is 0.673. The lowest BCUT2D eigenvalue weighted by molar-refractivity contribution is -0.126. The van der Waals surface area contributed by atoms with Crippen molar-refractivity contribution >= 4 is 32.7 Å². The van der Waals surface area contributed by atoms with Crippen molar-refractivity contribution in [1.29, 1.82) is 0 Å². The number of carbonyl (C=O) groups excluding carboxylic acids is 1. The van der Waals surface area contributed by atoms with Crippen LogP contribution in [0.1, 0.15) is 12.8 Å². The number of amides is 1. The van der Waals surface area contributed by atoms with Crippen LogP contribution in [0, 0.1) is 0 Å². The molecule has 0 unspecified atom stereocenters. The highest BCUT2D eigenvalue weighted by Gasteiger charge is 2.47. The molecule has 0 aromatic rings. The molecule has 3 atom stereocenters. The molecule has 0 aliphatic carbocycles. The van der Waals surface area contributed by atoms with Crippen LogP contribution in [0.3, 0.4) is 0 Å². The first-order valence-corrected chi connectivity index (χ1v) is 9.00. The first-order valence-electron chi connectivity index (χ1n) is 6.30. The number of nitrogens with zero attached hydrogens (tertiary/aromatic N) is 2. The Morgan fingerprint density at radius 2 is 2.26 bits per heavy atom. The molecule has 0 bridgehead atoms. The van der Waals surface area contributed by atoms with Crippen LogP contribution < -0.4 is 0 Å². The van der Waals surface area contributed by atoms with Crippen molar-refractivity contribution in [3.63, 3.8) is 0 Å². The Labute approximate surface area is 116 Å². The first kappa shape index (κ1) is 13.4. The van der Waals surface area contributed by atoms with Gasteiger partial charge in [0.1, 0.15) is 6.10 Å². The van der Waals surface area contributed by atoms with E-state index in [1.54, 1.807) is 7.05 Å². The monoisotopic (exact) mass is 304 g/mol. The molecule has 0 aromatic heterocycles. The number of carbonyl (C=O) groups is 1. The molecular formula is C11H16N2O4S2. The Bertz CT molecular complexity index is 525. The summed E-state index contributed by atoms with van der Waals surface area (Å²) >= 11 is 1.40. The smallest absolute Gasteiger partial charge is 0.277 e. The van der Waals surface area contributed by atoms with Crippen LogP contribution in [0.2, 0.25) is 0 Å². The van der Waals surface area contributed by atoms with Gasteiger partial charge in [0.2, 0.25) is 0 Å². The van der Waals surface area contributed by atoms with E-state index in [-0.39, 0.29) is 28.7 Å². The standard InChI is InChI=1S/C11H16N2O4S2/c1-13-7-5-19(15,16)6-9(7)18-11(13)12-10(14)8-3-2-4-17-8/h7-9H,2-6H2,1H3/t7-,8+,9-/m1/s1. The van der Waals surface area contributed by atoms with Crippen molar-refractivity contribution in [1.82, 2.24) is 4.90 Å². The van der Waals surface area contributed by atoms with Crippen molar-refractivity contribution in [2.75, 3.05) is 25.2 Å². The molecule has 6 nitrogen and oxygen atoms in total. The van der Waals surface area contributed by atoms with Crippen LogP contribution >= 0.6 is 11.8 Å². The Morgan fingerprint density at radius 3 is 2.89 bits per heavy atom. The lowest BCUT2D eigenvalue weighted by Crippen LogP contribution is -2.34. The summed E-state index contributed by atoms with van der Waals surface area (Å²) in [5, 5.41) is 0.636. The Balaban J connectivity index is 1.73. The third kappa shape index (κ3) is 2.53. The number of rotatable bonds is 1. The zero-order valence-corrected chi connectivity index (χ0v) is 12.2. The molecular weight excluding hydrogens is 288 g/mol. The SMILES string of the molecule is CN1C(=NC(=O)[C@@H]2CCCO2)S[C@@H]2CS(=O)(=O)C[C@H]21. The molecule has 3 saturated heterocycles. The number of sulfone groups is 1. The third-order valence-corrected chi connectivity index (χ3v) is 7.04. The van der Waals surface area contributed by atoms with Gasteiger partial charge < -0.3 is 9.64 Å². The number of hydrogen-bond acceptors (Lipinski definition) is 5. The summed E-state index contributed by atoms with van der Waals surface area (Å²) in [7, 11) is -1.13. The van der Waals surface area contributed by atoms with Gasteiger partial charge in [0, 0.05) is 18.9 Å². The molecule has 3 aliphatic heterocycles. The van der Waals surface area contributed by atoms with E-state index in [1.807, 2.05) is 4.90 Å². The molecule has 0 aromatic carbocycles. The fraction of sp³-hybridized carbons (Fsp3) is 0.818. The van der Waals surface area contributed by atoms with Crippen LogP contribution in [0.4, 0.5) is 0 Å². The zero-order chi connectivity index (χ0) is 13.6. The maximum atomic E-state index is 11.9. The Hall–Kier alpha value is -0.600. The van der Waals surface area contributed by atoms with Crippen molar-refractivity contribution in [3.8, 4) is 0 Å². The first-order chi connectivity index (χ1) is 8.96. The average molecular weight is 304 g/mol. The van der Waals surface area contributed by atoms with Gasteiger partial charge in [-0.1, -0.05) is 11.8 Å². The van der Waals surface area contributed by atoms with Crippen molar-refractivity contribution in [2.45, 2.75) is 30.2 Å². The van der Waals surface area contributed by atoms with E-state index < -0.39 is 15.9 Å². The van der Waals surface area contributed by atoms with Crippen LogP contribution in [-0.2, 0) is 19.4 Å². The molecule has 3 aliphatic rings. The summed E-state index contributed by atoms with van der Waals surface area (Å²) in [5.74, 6) is 0.100. The topological polar surface area (TPSA) is 76.0 Å². The molecule has 0 spiro atoms. The van der Waals surface area contributed by atoms with Crippen LogP contribution in [0.25, 0.3) is 0 Å². The van der Waals surface area contributed by atoms with E-state index in [0.29, 0.717) is 11.8 Å². The zero-order valence-electron chi connectivity index (χ0n) is 10.6. The number of aliphatic imine (C=N–C) groups is 1. The highest BCUT2D eigenvalue weighted by molar-refractivity contribution is 8.15. The second-order valence-corrected chi connectivity index (χ2v) is 8.51. The second-order valence-electron chi connectivity index (χ2n) is 5.15. The van der Waals surface area contributed by atoms with E-state index in [9.17, 15) is 13.2 Å². The van der Waals surface area contributed by atoms with Gasteiger partial charge in [0.25, 0.3) is 5.91 Å². The fourth-order valence-electron chi connectivity index (χ4n) is 2.67. The summed E-state index contributed by atoms with van der Waals surface area (Å²) < 4.78 is 28.4. The van der Waals surface area contributed by atoms with E-state index in [1.165, 1.54) is 11.8 Å². The number of fused-ring (bicyclic) bond motifs is 1. The van der Waals surface area contributed by atoms with Gasteiger partial charge >= 0.3 is 0 Å². The van der Waals surface area contributed by atoms with E-state index >= 15 is 0 Å². The molecule has 0 saturated carbocycles. The van der Waals surface area contributed by atoms with Crippen molar-refractivity contribution in [2.24, 2.45) is 4.99 Å². The van der Waals surface area contributed by atoms with Gasteiger partial charge in [-0.2, -0.15) is 4.99 Å². The van der Waals surface area contributed by atoms with E-state index in [2.05, 4.69) is 4.99 Å². The Morgan fingerprint density at radius 1 is 1.47 bits per heavy atom. The molecule has 19 heavy (non-hydrogen) atoms. The maximum Gasteiger partial charge on any atom is 0.277 e. The van der Waals surface area contributed by atoms with Gasteiger partial charge in [0.05, 0.1) is 17.5 Å². The maximum absolute atomic E-state index is 11.9. The van der Waals surface area contributed by atoms with Gasteiger partial charge in [-0.25, -0.2) is 8.42 Å². The van der Waals surface area contributed by atoms with Crippen LogP contribution in [-0.4, -0.2) is 66.9 Å². The summed E-state index contributed by atoms with van der Waals surface area (Å²) in [6.45, 7) is 0.619. The summed E-state index contributed by atoms with van der Waals surface area (Å²) in [5.41, 5.74) is 0. The van der Waals surface area contributed by atoms with Gasteiger partial charge in [-0.3, -0.25) is 4.79 Å². The fourth-order valence-corrected chi connectivity index (χ4v) is 6.68. The summed E-state index contributed by atoms with van der Waals surface area (Å²) in [6, 6.07) is -0.0500. The minimum Gasteiger partial charge on any atom is -0.368 e. The van der Waals surface area contributed by atoms with Crippen LogP contribution in [0.5, 0.6) is 0 Å². The minimum atomic E-state index is -2.93. The van der Waals surface area contributed by atoms with E-state index in [4.69, 9.17) is 4.74 Å². The van der Waals surface area contributed by atoms with Gasteiger partial charge in [-0.05, 0) is 12.8 Å². The summed E-state index contributed by atoms with van der Waals surface area (Å²) in [6.07, 6.45) is 1.21. The highest BCUT2D eigenvalue weighted by atomic mass is 32.2. The van der Waals surface area contributed by atoms with Gasteiger partial charge in [0.15, 0.2) is 15.0 Å². The predicted molar refractivity (Wildman–Crippen MR) is 73.0 cm³/mol. The number of hydrogen-bond donors (Lipinski definition) is 0. The predicted octanol–water partition coefficient (Wildman–Crippen LogP) is -0.108. The Kier molecular flexibility index (Phi) is 3.34. The number of ether oxygens (including phenoxy) is 1. The molecule has 0 radical (unpaired) electrons. The molecule has 8 heteroatoms. The molecule has 0 N–H and O–H groups in total. The molecule has 3 rings (SSSR count). The van der Waals surface area contributed by atoms with E-state index in [0.717, 1.165) is 12.8 Å². The van der Waals surface area contributed by atoms with Crippen LogP contribution in [0.15, 0.2) is 4.99 Å². The lowest BCUT2D eigenvalue weighted by atomic mass is 10.2. The second kappa shape index (κ2) is 4.75. The highest BCUT2D eigenvalue weighted by Crippen LogP contribution is 2.37. The molecule has 3 fully saturated rings. The minimum absolute atomic E-state index is 0.00560. The van der Waals surface area contributed by atoms with Crippen molar-refractivity contribution in [3.05, 3.63) is 0 Å². The normalized spacial score (nSPS) is 38.9. The number of amidine groups is 1. The largest absolute Gasteiger partial charge is 0.368 e. The molecule has 1 amide bonds. The average Bonchev–Trinajstić information content (AvgIpc) is 2.99. The molecule has 3 heterocycles. The number of thioether (sulfide) groups is 1. The molecule has 106 valence electrons. The lowest BCUT2D eigenvalue weighted by Gasteiger charge is -2.18. The van der Waals surface area contributed by atoms with Crippen molar-refractivity contribution < 1.29 is 17.9 Å². The third-order valence-electron chi connectivity index (χ3n) is 3.74. The van der Waals surface area contributed by atoms with Gasteiger partial charge in [-0.15, -0.1) is 0 Å².